The lowest BCUT2D eigenvalue weighted by Crippen LogP contribution is -1.98. The van der Waals surface area contributed by atoms with Crippen LogP contribution in [0.25, 0.3) is 22.2 Å². The standard InChI is InChI=1S/C21H21N5/c1-14(2)26-13-18(17-8-10-22-12-20(17)26)19-9-11-23-21(25-19)24-16-6-4-15(3)5-7-16/h4-14H,1-3H3,(H,23,24,25). The molecule has 0 atom stereocenters. The van der Waals surface area contributed by atoms with Crippen molar-refractivity contribution in [2.24, 2.45) is 0 Å². The van der Waals surface area contributed by atoms with E-state index in [1.807, 2.05) is 36.7 Å². The lowest BCUT2D eigenvalue weighted by atomic mass is 10.1. The zero-order valence-corrected chi connectivity index (χ0v) is 15.1. The van der Waals surface area contributed by atoms with Crippen LogP contribution >= 0.6 is 0 Å². The molecule has 0 aliphatic rings. The Hall–Kier alpha value is -3.21. The molecule has 0 bridgehead atoms. The Kier molecular flexibility index (Phi) is 4.13. The average Bonchev–Trinajstić information content (AvgIpc) is 3.04. The number of anilines is 2. The summed E-state index contributed by atoms with van der Waals surface area (Å²) < 4.78 is 2.23. The molecule has 3 aromatic heterocycles. The molecule has 5 nitrogen and oxygen atoms in total. The van der Waals surface area contributed by atoms with Gasteiger partial charge in [-0.2, -0.15) is 0 Å². The van der Waals surface area contributed by atoms with Crippen molar-refractivity contribution in [2.45, 2.75) is 26.8 Å². The van der Waals surface area contributed by atoms with Gasteiger partial charge in [0.2, 0.25) is 5.95 Å². The van der Waals surface area contributed by atoms with Gasteiger partial charge in [-0.15, -0.1) is 0 Å². The number of pyridine rings is 1. The van der Waals surface area contributed by atoms with E-state index in [1.54, 1.807) is 6.20 Å². The lowest BCUT2D eigenvalue weighted by molar-refractivity contribution is 0.622. The monoisotopic (exact) mass is 343 g/mol. The smallest absolute Gasteiger partial charge is 0.227 e. The van der Waals surface area contributed by atoms with Gasteiger partial charge in [0.25, 0.3) is 0 Å². The predicted octanol–water partition coefficient (Wildman–Crippen LogP) is 5.13. The first-order valence-electron chi connectivity index (χ1n) is 8.73. The summed E-state index contributed by atoms with van der Waals surface area (Å²) in [5.74, 6) is 0.589. The Balaban J connectivity index is 1.75. The summed E-state index contributed by atoms with van der Waals surface area (Å²) >= 11 is 0. The molecule has 4 aromatic rings. The van der Waals surface area contributed by atoms with E-state index in [1.165, 1.54) is 5.56 Å². The van der Waals surface area contributed by atoms with E-state index in [-0.39, 0.29) is 0 Å². The molecular formula is C21H21N5. The Morgan fingerprint density at radius 2 is 1.81 bits per heavy atom. The van der Waals surface area contributed by atoms with E-state index in [9.17, 15) is 0 Å². The molecular weight excluding hydrogens is 322 g/mol. The summed E-state index contributed by atoms with van der Waals surface area (Å²) in [6.07, 6.45) is 7.67. The van der Waals surface area contributed by atoms with E-state index in [0.717, 1.165) is 27.8 Å². The van der Waals surface area contributed by atoms with Crippen LogP contribution in [-0.4, -0.2) is 19.5 Å². The third-order valence-corrected chi connectivity index (χ3v) is 4.43. The van der Waals surface area contributed by atoms with Crippen molar-refractivity contribution in [1.29, 1.82) is 0 Å². The van der Waals surface area contributed by atoms with Gasteiger partial charge in [0.05, 0.1) is 17.4 Å². The summed E-state index contributed by atoms with van der Waals surface area (Å²) in [5, 5.41) is 4.42. The van der Waals surface area contributed by atoms with Crippen LogP contribution in [0.1, 0.15) is 25.5 Å². The molecule has 0 fully saturated rings. The van der Waals surface area contributed by atoms with E-state index < -0.39 is 0 Å². The first kappa shape index (κ1) is 16.3. The minimum absolute atomic E-state index is 0.349. The van der Waals surface area contributed by atoms with Gasteiger partial charge in [-0.25, -0.2) is 9.97 Å². The van der Waals surface area contributed by atoms with Crippen LogP contribution in [0.5, 0.6) is 0 Å². The molecule has 26 heavy (non-hydrogen) atoms. The Morgan fingerprint density at radius 1 is 1.00 bits per heavy atom. The first-order chi connectivity index (χ1) is 12.6. The molecule has 0 spiro atoms. The van der Waals surface area contributed by atoms with Crippen molar-refractivity contribution in [3.8, 4) is 11.3 Å². The molecule has 0 radical (unpaired) electrons. The Bertz CT molecular complexity index is 1050. The second-order valence-corrected chi connectivity index (χ2v) is 6.69. The van der Waals surface area contributed by atoms with Crippen LogP contribution in [0.4, 0.5) is 11.6 Å². The van der Waals surface area contributed by atoms with Crippen LogP contribution in [-0.2, 0) is 0 Å². The normalized spacial score (nSPS) is 11.2. The first-order valence-corrected chi connectivity index (χ1v) is 8.73. The number of rotatable bonds is 4. The van der Waals surface area contributed by atoms with Crippen LogP contribution in [0.3, 0.4) is 0 Å². The molecule has 3 heterocycles. The second-order valence-electron chi connectivity index (χ2n) is 6.69. The van der Waals surface area contributed by atoms with E-state index in [2.05, 4.69) is 59.0 Å². The minimum Gasteiger partial charge on any atom is -0.343 e. The molecule has 0 saturated heterocycles. The van der Waals surface area contributed by atoms with E-state index >= 15 is 0 Å². The van der Waals surface area contributed by atoms with Crippen LogP contribution in [0.2, 0.25) is 0 Å². The topological polar surface area (TPSA) is 55.6 Å². The molecule has 4 rings (SSSR count). The molecule has 0 unspecified atom stereocenters. The van der Waals surface area contributed by atoms with Crippen molar-refractivity contribution in [3.05, 3.63) is 66.7 Å². The highest BCUT2D eigenvalue weighted by Crippen LogP contribution is 2.31. The molecule has 0 amide bonds. The van der Waals surface area contributed by atoms with Crippen molar-refractivity contribution in [3.63, 3.8) is 0 Å². The predicted molar refractivity (Wildman–Crippen MR) is 106 cm³/mol. The van der Waals surface area contributed by atoms with Gasteiger partial charge in [0, 0.05) is 41.3 Å². The van der Waals surface area contributed by atoms with Gasteiger partial charge >= 0.3 is 0 Å². The third-order valence-electron chi connectivity index (χ3n) is 4.43. The molecule has 0 aliphatic heterocycles. The summed E-state index contributed by atoms with van der Waals surface area (Å²) in [5.41, 5.74) is 5.29. The number of nitrogens with one attached hydrogen (secondary N) is 1. The van der Waals surface area contributed by atoms with Crippen molar-refractivity contribution in [1.82, 2.24) is 19.5 Å². The SMILES string of the molecule is Cc1ccc(Nc2nccc(-c3cn(C(C)C)c4cnccc34)n2)cc1. The number of benzene rings is 1. The third kappa shape index (κ3) is 3.04. The Labute approximate surface area is 152 Å². The number of fused-ring (bicyclic) bond motifs is 1. The fraction of sp³-hybridized carbons (Fsp3) is 0.190. The largest absolute Gasteiger partial charge is 0.343 e. The summed E-state index contributed by atoms with van der Waals surface area (Å²) in [6, 6.07) is 12.5. The van der Waals surface area contributed by atoms with Gasteiger partial charge in [0.15, 0.2) is 0 Å². The quantitative estimate of drug-likeness (QED) is 0.558. The van der Waals surface area contributed by atoms with Crippen LogP contribution in [0, 0.1) is 6.92 Å². The number of hydrogen-bond donors (Lipinski definition) is 1. The van der Waals surface area contributed by atoms with Gasteiger partial charge in [-0.05, 0) is 45.0 Å². The minimum atomic E-state index is 0.349. The van der Waals surface area contributed by atoms with Crippen LogP contribution in [0.15, 0.2) is 61.2 Å². The number of nitrogens with zero attached hydrogens (tertiary/aromatic N) is 4. The van der Waals surface area contributed by atoms with E-state index in [0.29, 0.717) is 12.0 Å². The maximum absolute atomic E-state index is 4.73. The highest BCUT2D eigenvalue weighted by atomic mass is 15.1. The Morgan fingerprint density at radius 3 is 2.58 bits per heavy atom. The second kappa shape index (κ2) is 6.59. The average molecular weight is 343 g/mol. The maximum atomic E-state index is 4.73. The zero-order chi connectivity index (χ0) is 18.1. The summed E-state index contributed by atoms with van der Waals surface area (Å²) in [7, 11) is 0. The highest BCUT2D eigenvalue weighted by Gasteiger charge is 2.13. The van der Waals surface area contributed by atoms with E-state index in [4.69, 9.17) is 4.98 Å². The number of hydrogen-bond acceptors (Lipinski definition) is 4. The molecule has 0 aliphatic carbocycles. The molecule has 1 aromatic carbocycles. The fourth-order valence-corrected chi connectivity index (χ4v) is 3.06. The summed E-state index contributed by atoms with van der Waals surface area (Å²) in [4.78, 5) is 13.4. The van der Waals surface area contributed by atoms with Gasteiger partial charge in [-0.1, -0.05) is 17.7 Å². The van der Waals surface area contributed by atoms with Gasteiger partial charge in [-0.3, -0.25) is 4.98 Å². The van der Waals surface area contributed by atoms with Gasteiger partial charge < -0.3 is 9.88 Å². The summed E-state index contributed by atoms with van der Waals surface area (Å²) in [6.45, 7) is 6.40. The van der Waals surface area contributed by atoms with Crippen molar-refractivity contribution >= 4 is 22.5 Å². The molecule has 5 heteroatoms. The number of aryl methyl sites for hydroxylation is 1. The lowest BCUT2D eigenvalue weighted by Gasteiger charge is -2.08. The number of aromatic nitrogens is 4. The van der Waals surface area contributed by atoms with Crippen molar-refractivity contribution in [2.75, 3.05) is 5.32 Å². The molecule has 130 valence electrons. The molecule has 1 N–H and O–H groups in total. The zero-order valence-electron chi connectivity index (χ0n) is 15.1. The van der Waals surface area contributed by atoms with Crippen LogP contribution < -0.4 is 5.32 Å². The fourth-order valence-electron chi connectivity index (χ4n) is 3.06. The van der Waals surface area contributed by atoms with Crippen molar-refractivity contribution < 1.29 is 0 Å². The highest BCUT2D eigenvalue weighted by molar-refractivity contribution is 5.94. The maximum Gasteiger partial charge on any atom is 0.227 e. The molecule has 0 saturated carbocycles. The van der Waals surface area contributed by atoms with Gasteiger partial charge in [0.1, 0.15) is 0 Å².